The Morgan fingerprint density at radius 1 is 0.658 bits per heavy atom. The van der Waals surface area contributed by atoms with Crippen LogP contribution in [0.4, 0.5) is 0 Å². The van der Waals surface area contributed by atoms with Crippen LogP contribution in [0.2, 0.25) is 0 Å². The van der Waals surface area contributed by atoms with Gasteiger partial charge >= 0.3 is 228 Å². The number of halogens is 2. The molecule has 0 saturated carbocycles. The molecule has 3 heteroatoms. The summed E-state index contributed by atoms with van der Waals surface area (Å²) in [5.74, 6) is 0. The van der Waals surface area contributed by atoms with Gasteiger partial charge in [-0.05, 0) is 0 Å². The van der Waals surface area contributed by atoms with Gasteiger partial charge in [-0.15, -0.1) is 0 Å². The Balaban J connectivity index is 0.00000168. The van der Waals surface area contributed by atoms with Gasteiger partial charge in [0.15, 0.2) is 0 Å². The van der Waals surface area contributed by atoms with Crippen LogP contribution in [0.1, 0.15) is 60.1 Å². The average Bonchev–Trinajstić information content (AvgIpc) is 3.55. The van der Waals surface area contributed by atoms with E-state index in [2.05, 4.69) is 125 Å². The second-order valence-corrected chi connectivity index (χ2v) is 13.4. The van der Waals surface area contributed by atoms with Gasteiger partial charge in [0.1, 0.15) is 0 Å². The minimum absolute atomic E-state index is 0. The molecule has 1 unspecified atom stereocenters. The maximum atomic E-state index is 2.43. The van der Waals surface area contributed by atoms with Gasteiger partial charge in [0, 0.05) is 0 Å². The maximum absolute atomic E-state index is 2.43. The van der Waals surface area contributed by atoms with Crippen molar-refractivity contribution in [2.24, 2.45) is 0 Å². The van der Waals surface area contributed by atoms with Crippen LogP contribution in [0.25, 0.3) is 16.7 Å². The van der Waals surface area contributed by atoms with Crippen molar-refractivity contribution in [2.45, 2.75) is 37.7 Å². The van der Waals surface area contributed by atoms with E-state index in [1.165, 1.54) is 55.6 Å². The summed E-state index contributed by atoms with van der Waals surface area (Å²) < 4.78 is 2.08. The Kier molecular flexibility index (Phi) is 8.94. The topological polar surface area (TPSA) is 0 Å². The van der Waals surface area contributed by atoms with Crippen molar-refractivity contribution in [3.05, 3.63) is 147 Å². The molecule has 0 N–H and O–H groups in total. The van der Waals surface area contributed by atoms with Crippen LogP contribution in [0.15, 0.2) is 97.1 Å². The molecular weight excluding hydrogens is 583 g/mol. The minimum atomic E-state index is -1.14. The predicted octanol–water partition coefficient (Wildman–Crippen LogP) is 2.69. The predicted molar refractivity (Wildman–Crippen MR) is 150 cm³/mol. The smallest absolute Gasteiger partial charge is 1.00 e. The van der Waals surface area contributed by atoms with E-state index in [0.717, 1.165) is 6.42 Å². The van der Waals surface area contributed by atoms with E-state index < -0.39 is 22.8 Å². The van der Waals surface area contributed by atoms with Crippen molar-refractivity contribution >= 4 is 8.78 Å². The largest absolute Gasteiger partial charge is 1.00 e. The minimum Gasteiger partial charge on any atom is -1.00 e. The Hall–Kier alpha value is -2.31. The molecule has 0 fully saturated rings. The molecule has 0 saturated heterocycles. The maximum Gasteiger partial charge on any atom is -1.00 e. The summed E-state index contributed by atoms with van der Waals surface area (Å²) in [7, 11) is 0. The standard InChI is InChI=1S/C22H21.C13H10.2ClH.Zr/c1-13-8-7-11-18-12-19-21(17-9-5-6-10-17)15(3)14(2)16(4)22(19)20(13)18;1-3-7-12(8-4-1)11-13-9-5-2-6-10-13;;;/h5-9,11-12H,10H2,1-4H3;1-10H;2*1H;/q;;;;+2/p-2. The summed E-state index contributed by atoms with van der Waals surface area (Å²) in [4.78, 5) is 0. The third kappa shape index (κ3) is 4.79. The van der Waals surface area contributed by atoms with Crippen LogP contribution in [-0.4, -0.2) is 3.21 Å². The molecule has 4 aromatic carbocycles. The fourth-order valence-corrected chi connectivity index (χ4v) is 10.5. The van der Waals surface area contributed by atoms with E-state index in [9.17, 15) is 0 Å². The first-order valence-corrected chi connectivity index (χ1v) is 15.5. The molecule has 6 rings (SSSR count). The fourth-order valence-electron chi connectivity index (χ4n) is 6.11. The molecule has 0 aromatic heterocycles. The first kappa shape index (κ1) is 28.7. The summed E-state index contributed by atoms with van der Waals surface area (Å²) in [6.45, 7) is 9.34. The molecule has 0 spiro atoms. The molecule has 2 aliphatic carbocycles. The molecule has 189 valence electrons. The van der Waals surface area contributed by atoms with E-state index in [-0.39, 0.29) is 24.8 Å². The van der Waals surface area contributed by atoms with Crippen molar-refractivity contribution in [3.63, 3.8) is 0 Å². The van der Waals surface area contributed by atoms with Gasteiger partial charge in [0.25, 0.3) is 0 Å². The quantitative estimate of drug-likeness (QED) is 0.332. The zero-order valence-corrected chi connectivity index (χ0v) is 26.2. The summed E-state index contributed by atoms with van der Waals surface area (Å²) in [6.07, 6.45) is 7.94. The van der Waals surface area contributed by atoms with Gasteiger partial charge in [-0.25, -0.2) is 0 Å². The Morgan fingerprint density at radius 3 is 1.84 bits per heavy atom. The molecule has 0 radical (unpaired) electrons. The van der Waals surface area contributed by atoms with Crippen LogP contribution < -0.4 is 24.8 Å². The summed E-state index contributed by atoms with van der Waals surface area (Å²) >= 11 is -1.14. The summed E-state index contributed by atoms with van der Waals surface area (Å²) in [5.41, 5.74) is 17.8. The van der Waals surface area contributed by atoms with Crippen molar-refractivity contribution in [1.82, 2.24) is 0 Å². The molecule has 0 heterocycles. The first-order chi connectivity index (χ1) is 17.6. The second-order valence-electron chi connectivity index (χ2n) is 10.1. The third-order valence-electron chi connectivity index (χ3n) is 8.07. The SMILES string of the molecule is Cc1cccc2c1-c1c(C)c(C)c(C)c(C3=CC=CC3)c1[CH]2[Zr+2]=[C](c1ccccc1)c1ccccc1.[Cl-].[Cl-]. The summed E-state index contributed by atoms with van der Waals surface area (Å²) in [6, 6.07) is 29.3. The van der Waals surface area contributed by atoms with Gasteiger partial charge in [-0.3, -0.25) is 0 Å². The third-order valence-corrected chi connectivity index (χ3v) is 12.4. The van der Waals surface area contributed by atoms with E-state index in [0.29, 0.717) is 3.63 Å². The van der Waals surface area contributed by atoms with Crippen LogP contribution in [0, 0.1) is 27.7 Å². The zero-order valence-electron chi connectivity index (χ0n) is 22.3. The van der Waals surface area contributed by atoms with Crippen LogP contribution >= 0.6 is 0 Å². The Morgan fingerprint density at radius 2 is 1.26 bits per heavy atom. The molecule has 0 bridgehead atoms. The van der Waals surface area contributed by atoms with Crippen molar-refractivity contribution < 1.29 is 47.6 Å². The van der Waals surface area contributed by atoms with E-state index >= 15 is 0 Å². The normalized spacial score (nSPS) is 14.5. The second kappa shape index (κ2) is 11.8. The molecular formula is C35H31Cl2Zr. The van der Waals surface area contributed by atoms with Crippen LogP contribution in [-0.2, 0) is 22.8 Å². The first-order valence-electron chi connectivity index (χ1n) is 12.9. The van der Waals surface area contributed by atoms with Crippen molar-refractivity contribution in [3.8, 4) is 11.1 Å². The molecule has 1 atom stereocenters. The van der Waals surface area contributed by atoms with Crippen molar-refractivity contribution in [1.29, 1.82) is 0 Å². The molecule has 38 heavy (non-hydrogen) atoms. The van der Waals surface area contributed by atoms with E-state index in [1.54, 1.807) is 14.3 Å². The molecule has 0 aliphatic heterocycles. The number of benzene rings is 4. The molecule has 4 aromatic rings. The number of fused-ring (bicyclic) bond motifs is 3. The number of aryl methyl sites for hydroxylation is 1. The van der Waals surface area contributed by atoms with E-state index in [1.807, 2.05) is 0 Å². The molecule has 2 aliphatic rings. The number of hydrogen-bond donors (Lipinski definition) is 0. The van der Waals surface area contributed by atoms with Gasteiger partial charge in [-0.2, -0.15) is 0 Å². The zero-order chi connectivity index (χ0) is 24.8. The Bertz CT molecular complexity index is 1540. The van der Waals surface area contributed by atoms with Crippen LogP contribution in [0.3, 0.4) is 0 Å². The van der Waals surface area contributed by atoms with Crippen LogP contribution in [0.5, 0.6) is 0 Å². The number of rotatable bonds is 4. The number of allylic oxidation sites excluding steroid dienone is 4. The number of hydrogen-bond acceptors (Lipinski definition) is 0. The summed E-state index contributed by atoms with van der Waals surface area (Å²) in [5, 5.41) is 0. The van der Waals surface area contributed by atoms with Gasteiger partial charge < -0.3 is 24.8 Å². The fraction of sp³-hybridized carbons (Fsp3) is 0.171. The molecule has 0 nitrogen and oxygen atoms in total. The van der Waals surface area contributed by atoms with E-state index in [4.69, 9.17) is 0 Å². The van der Waals surface area contributed by atoms with Gasteiger partial charge in [0.2, 0.25) is 0 Å². The Labute approximate surface area is 250 Å². The van der Waals surface area contributed by atoms with Crippen molar-refractivity contribution in [2.75, 3.05) is 0 Å². The average molecular weight is 614 g/mol. The monoisotopic (exact) mass is 611 g/mol. The van der Waals surface area contributed by atoms with Gasteiger partial charge in [0.05, 0.1) is 0 Å². The molecule has 0 amide bonds. The van der Waals surface area contributed by atoms with Gasteiger partial charge in [-0.1, -0.05) is 0 Å².